The number of hydrogen-bond acceptors (Lipinski definition) is 6. The summed E-state index contributed by atoms with van der Waals surface area (Å²) < 4.78 is 16.5. The second-order valence-corrected chi connectivity index (χ2v) is 7.38. The first-order chi connectivity index (χ1) is 14.0. The van der Waals surface area contributed by atoms with Gasteiger partial charge in [-0.3, -0.25) is 9.69 Å². The lowest BCUT2D eigenvalue weighted by Gasteiger charge is -2.26. The van der Waals surface area contributed by atoms with Gasteiger partial charge in [0.1, 0.15) is 30.0 Å². The van der Waals surface area contributed by atoms with Crippen LogP contribution >= 0.6 is 0 Å². The Labute approximate surface area is 172 Å². The molecule has 6 nitrogen and oxygen atoms in total. The predicted molar refractivity (Wildman–Crippen MR) is 111 cm³/mol. The molecule has 2 aromatic carbocycles. The highest BCUT2D eigenvalue weighted by Crippen LogP contribution is 2.32. The molecule has 1 fully saturated rings. The summed E-state index contributed by atoms with van der Waals surface area (Å²) >= 11 is 0. The van der Waals surface area contributed by atoms with E-state index in [4.69, 9.17) is 14.2 Å². The predicted octanol–water partition coefficient (Wildman–Crippen LogP) is 3.31. The van der Waals surface area contributed by atoms with E-state index in [1.165, 1.54) is 6.92 Å². The first-order valence-electron chi connectivity index (χ1n) is 9.87. The molecule has 0 radical (unpaired) electrons. The van der Waals surface area contributed by atoms with Crippen LogP contribution in [0.4, 0.5) is 0 Å². The maximum Gasteiger partial charge on any atom is 0.159 e. The largest absolute Gasteiger partial charge is 0.497 e. The van der Waals surface area contributed by atoms with Crippen LogP contribution < -0.4 is 14.2 Å². The van der Waals surface area contributed by atoms with Crippen molar-refractivity contribution in [3.05, 3.63) is 53.6 Å². The first kappa shape index (κ1) is 21.1. The fourth-order valence-electron chi connectivity index (χ4n) is 3.31. The van der Waals surface area contributed by atoms with Gasteiger partial charge in [0.25, 0.3) is 0 Å². The van der Waals surface area contributed by atoms with Crippen LogP contribution in [0.25, 0.3) is 0 Å². The Morgan fingerprint density at radius 1 is 1.10 bits per heavy atom. The van der Waals surface area contributed by atoms with Crippen molar-refractivity contribution >= 4 is 5.78 Å². The maximum absolute atomic E-state index is 11.3. The van der Waals surface area contributed by atoms with Gasteiger partial charge in [-0.25, -0.2) is 0 Å². The molecular weight excluding hydrogens is 370 g/mol. The number of carbonyl (C=O) groups is 1. The molecule has 0 amide bonds. The Morgan fingerprint density at radius 2 is 1.79 bits per heavy atom. The summed E-state index contributed by atoms with van der Waals surface area (Å²) in [6.07, 6.45) is 1.64. The number of ketones is 1. The van der Waals surface area contributed by atoms with E-state index < -0.39 is 6.10 Å². The van der Waals surface area contributed by atoms with E-state index in [1.54, 1.807) is 38.5 Å². The molecule has 0 bridgehead atoms. The summed E-state index contributed by atoms with van der Waals surface area (Å²) in [5.41, 5.74) is 1.68. The molecule has 1 atom stereocenters. The van der Waals surface area contributed by atoms with Crippen LogP contribution in [-0.2, 0) is 6.54 Å². The normalized spacial score (nSPS) is 14.5. The number of Topliss-reactive ketones (excluding diaryl/α,β-unsaturated/α-hetero) is 1. The lowest BCUT2D eigenvalue weighted by Crippen LogP contribution is -2.36. The number of hydrogen-bond donors (Lipinski definition) is 1. The van der Waals surface area contributed by atoms with Gasteiger partial charge in [-0.1, -0.05) is 0 Å². The summed E-state index contributed by atoms with van der Waals surface area (Å²) in [7, 11) is 3.31. The fraction of sp³-hybridized carbons (Fsp3) is 0.435. The molecule has 0 spiro atoms. The lowest BCUT2D eigenvalue weighted by molar-refractivity contribution is 0.0623. The van der Waals surface area contributed by atoms with Gasteiger partial charge < -0.3 is 19.3 Å². The minimum Gasteiger partial charge on any atom is -0.497 e. The molecular formula is C23H29NO5. The Balaban J connectivity index is 1.58. The number of aliphatic hydroxyl groups is 1. The summed E-state index contributed by atoms with van der Waals surface area (Å²) in [5, 5.41) is 10.5. The first-order valence-corrected chi connectivity index (χ1v) is 9.87. The molecule has 3 rings (SSSR count). The van der Waals surface area contributed by atoms with Gasteiger partial charge in [0.15, 0.2) is 5.78 Å². The third-order valence-electron chi connectivity index (χ3n) is 5.07. The van der Waals surface area contributed by atoms with E-state index in [2.05, 4.69) is 4.90 Å². The highest BCUT2D eigenvalue weighted by molar-refractivity contribution is 5.94. The van der Waals surface area contributed by atoms with Crippen molar-refractivity contribution in [3.8, 4) is 17.2 Å². The zero-order valence-corrected chi connectivity index (χ0v) is 17.3. The number of rotatable bonds is 11. The number of carbonyl (C=O) groups excluding carboxylic acids is 1. The van der Waals surface area contributed by atoms with Crippen LogP contribution in [0, 0.1) is 0 Å². The molecule has 0 saturated heterocycles. The molecule has 29 heavy (non-hydrogen) atoms. The molecule has 6 heteroatoms. The maximum atomic E-state index is 11.3. The van der Waals surface area contributed by atoms with Crippen molar-refractivity contribution in [1.29, 1.82) is 0 Å². The topological polar surface area (TPSA) is 68.2 Å². The van der Waals surface area contributed by atoms with Crippen LogP contribution in [0.15, 0.2) is 42.5 Å². The number of aliphatic hydroxyl groups excluding tert-OH is 1. The minimum absolute atomic E-state index is 0.0182. The third kappa shape index (κ3) is 5.95. The quantitative estimate of drug-likeness (QED) is 0.585. The summed E-state index contributed by atoms with van der Waals surface area (Å²) in [6.45, 7) is 2.91. The van der Waals surface area contributed by atoms with E-state index in [-0.39, 0.29) is 12.4 Å². The molecule has 1 aliphatic rings. The molecule has 1 aliphatic carbocycles. The molecule has 0 heterocycles. The lowest BCUT2D eigenvalue weighted by atomic mass is 10.1. The van der Waals surface area contributed by atoms with Crippen LogP contribution in [0.3, 0.4) is 0 Å². The van der Waals surface area contributed by atoms with Crippen LogP contribution in [0.1, 0.15) is 35.7 Å². The number of methoxy groups -OCH3 is 2. The Hall–Kier alpha value is -2.57. The molecule has 0 aliphatic heterocycles. The minimum atomic E-state index is -0.625. The second kappa shape index (κ2) is 9.76. The fourth-order valence-corrected chi connectivity index (χ4v) is 3.31. The van der Waals surface area contributed by atoms with Crippen molar-refractivity contribution in [2.75, 3.05) is 27.4 Å². The molecule has 1 unspecified atom stereocenters. The summed E-state index contributed by atoms with van der Waals surface area (Å²) in [4.78, 5) is 13.6. The second-order valence-electron chi connectivity index (χ2n) is 7.38. The van der Waals surface area contributed by atoms with Crippen molar-refractivity contribution < 1.29 is 24.1 Å². The van der Waals surface area contributed by atoms with Crippen molar-refractivity contribution in [2.24, 2.45) is 0 Å². The van der Waals surface area contributed by atoms with E-state index in [9.17, 15) is 9.90 Å². The monoisotopic (exact) mass is 399 g/mol. The molecule has 2 aromatic rings. The zero-order valence-electron chi connectivity index (χ0n) is 17.3. The smallest absolute Gasteiger partial charge is 0.159 e. The van der Waals surface area contributed by atoms with Gasteiger partial charge in [-0.05, 0) is 62.2 Å². The van der Waals surface area contributed by atoms with Gasteiger partial charge in [0, 0.05) is 30.3 Å². The van der Waals surface area contributed by atoms with Crippen LogP contribution in [0.2, 0.25) is 0 Å². The van der Waals surface area contributed by atoms with Crippen molar-refractivity contribution in [2.45, 2.75) is 38.5 Å². The average molecular weight is 399 g/mol. The standard InChI is InChI=1S/C23H29NO5/c1-16(25)17-4-8-21(9-5-17)29-15-20(26)14-24(19-6-7-19)13-18-12-22(27-2)10-11-23(18)28-3/h4-5,8-12,19-20,26H,6-7,13-15H2,1-3H3. The van der Waals surface area contributed by atoms with Gasteiger partial charge in [-0.15, -0.1) is 0 Å². The Kier molecular flexibility index (Phi) is 7.12. The van der Waals surface area contributed by atoms with Crippen molar-refractivity contribution in [3.63, 3.8) is 0 Å². The SMILES string of the molecule is COc1ccc(OC)c(CN(CC(O)COc2ccc(C(C)=O)cc2)C2CC2)c1. The Morgan fingerprint density at radius 3 is 2.38 bits per heavy atom. The van der Waals surface area contributed by atoms with Crippen molar-refractivity contribution in [1.82, 2.24) is 4.90 Å². The molecule has 0 aromatic heterocycles. The van der Waals surface area contributed by atoms with Gasteiger partial charge in [-0.2, -0.15) is 0 Å². The van der Waals surface area contributed by atoms with Crippen LogP contribution in [-0.4, -0.2) is 55.3 Å². The van der Waals surface area contributed by atoms with E-state index in [0.29, 0.717) is 30.4 Å². The van der Waals surface area contributed by atoms with Crippen LogP contribution in [0.5, 0.6) is 17.2 Å². The molecule has 156 valence electrons. The van der Waals surface area contributed by atoms with E-state index in [0.717, 1.165) is 29.9 Å². The highest BCUT2D eigenvalue weighted by Gasteiger charge is 2.31. The molecule has 1 N–H and O–H groups in total. The summed E-state index contributed by atoms with van der Waals surface area (Å²) in [6, 6.07) is 13.2. The van der Waals surface area contributed by atoms with Gasteiger partial charge >= 0.3 is 0 Å². The number of nitrogens with zero attached hydrogens (tertiary/aromatic N) is 1. The van der Waals surface area contributed by atoms with E-state index >= 15 is 0 Å². The number of ether oxygens (including phenoxy) is 3. The summed E-state index contributed by atoms with van der Waals surface area (Å²) in [5.74, 6) is 2.26. The Bertz CT molecular complexity index is 817. The van der Waals surface area contributed by atoms with E-state index in [1.807, 2.05) is 18.2 Å². The third-order valence-corrected chi connectivity index (χ3v) is 5.07. The van der Waals surface area contributed by atoms with Gasteiger partial charge in [0.2, 0.25) is 0 Å². The zero-order chi connectivity index (χ0) is 20.8. The van der Waals surface area contributed by atoms with Gasteiger partial charge in [0.05, 0.1) is 14.2 Å². The number of benzene rings is 2. The highest BCUT2D eigenvalue weighted by atomic mass is 16.5. The molecule has 1 saturated carbocycles. The average Bonchev–Trinajstić information content (AvgIpc) is 3.57.